The Kier molecular flexibility index (Phi) is 6.57. The summed E-state index contributed by atoms with van der Waals surface area (Å²) in [5.74, 6) is 0. The normalized spacial score (nSPS) is 16.4. The minimum absolute atomic E-state index is 0.645. The summed E-state index contributed by atoms with van der Waals surface area (Å²) in [5, 5.41) is 0. The first-order valence-corrected chi connectivity index (χ1v) is 4.85. The van der Waals surface area contributed by atoms with Crippen LogP contribution in [0.1, 0.15) is 33.1 Å². The molecule has 0 heterocycles. The second-order valence-electron chi connectivity index (χ2n) is 3.54. The third-order valence-corrected chi connectivity index (χ3v) is 2.17. The highest BCUT2D eigenvalue weighted by molar-refractivity contribution is 4.44. The van der Waals surface area contributed by atoms with Gasteiger partial charge in [-0.05, 0) is 6.42 Å². The number of hydrogen-bond donors (Lipinski definition) is 2. The van der Waals surface area contributed by atoms with E-state index in [1.54, 1.807) is 4.90 Å². The van der Waals surface area contributed by atoms with Gasteiger partial charge in [-0.3, -0.25) is 0 Å². The van der Waals surface area contributed by atoms with E-state index < -0.39 is 0 Å². The number of nitrogens with one attached hydrogen (secondary N) is 1. The molecule has 0 aliphatic carbocycles. The van der Waals surface area contributed by atoms with Crippen molar-refractivity contribution in [3.05, 3.63) is 0 Å². The van der Waals surface area contributed by atoms with Gasteiger partial charge in [0.05, 0.1) is 13.6 Å². The number of quaternary nitrogens is 2. The number of rotatable bonds is 6. The molecule has 68 valence electrons. The summed E-state index contributed by atoms with van der Waals surface area (Å²) in [7, 11) is 2.27. The molecule has 2 heteroatoms. The van der Waals surface area contributed by atoms with Crippen LogP contribution >= 0.6 is 0 Å². The van der Waals surface area contributed by atoms with E-state index in [1.165, 1.54) is 32.4 Å². The molecule has 0 radical (unpaired) electrons. The van der Waals surface area contributed by atoms with Gasteiger partial charge in [0.1, 0.15) is 12.6 Å². The topological polar surface area (TPSA) is 32.1 Å². The third kappa shape index (κ3) is 6.32. The fraction of sp³-hybridized carbons (Fsp3) is 1.00. The molecule has 11 heavy (non-hydrogen) atoms. The molecule has 0 aromatic rings. The molecule has 0 saturated carbocycles. The summed E-state index contributed by atoms with van der Waals surface area (Å²) >= 11 is 0. The zero-order valence-electron chi connectivity index (χ0n) is 8.32. The van der Waals surface area contributed by atoms with Crippen molar-refractivity contribution < 1.29 is 10.6 Å². The highest BCUT2D eigenvalue weighted by atomic mass is 15.1. The van der Waals surface area contributed by atoms with E-state index in [0.29, 0.717) is 6.04 Å². The lowest BCUT2D eigenvalue weighted by Crippen LogP contribution is -3.11. The van der Waals surface area contributed by atoms with Gasteiger partial charge >= 0.3 is 0 Å². The average molecular weight is 160 g/mol. The van der Waals surface area contributed by atoms with Crippen LogP contribution in [0.3, 0.4) is 0 Å². The third-order valence-electron chi connectivity index (χ3n) is 2.17. The number of hydrogen-bond acceptors (Lipinski definition) is 0. The monoisotopic (exact) mass is 160 g/mol. The molecule has 0 fully saturated rings. The maximum Gasteiger partial charge on any atom is 0.134 e. The maximum atomic E-state index is 4.08. The van der Waals surface area contributed by atoms with E-state index in [-0.39, 0.29) is 0 Å². The smallest absolute Gasteiger partial charge is 0.134 e. The molecule has 0 saturated heterocycles. The SMILES string of the molecule is CCCC[NH+](C)C[C@H]([NH3+])CC. The molecule has 0 amide bonds. The lowest BCUT2D eigenvalue weighted by molar-refractivity contribution is -0.890. The molecule has 2 atom stereocenters. The average Bonchev–Trinajstić information content (AvgIpc) is 2.00. The summed E-state index contributed by atoms with van der Waals surface area (Å²) in [6.45, 7) is 7.00. The second kappa shape index (κ2) is 6.62. The molecule has 0 aliphatic rings. The quantitative estimate of drug-likeness (QED) is 0.516. The van der Waals surface area contributed by atoms with Crippen LogP contribution < -0.4 is 10.6 Å². The van der Waals surface area contributed by atoms with Gasteiger partial charge in [-0.25, -0.2) is 0 Å². The first-order valence-electron chi connectivity index (χ1n) is 4.85. The van der Waals surface area contributed by atoms with Crippen LogP contribution in [-0.2, 0) is 0 Å². The zero-order valence-corrected chi connectivity index (χ0v) is 8.32. The number of unbranched alkanes of at least 4 members (excludes halogenated alkanes) is 1. The Morgan fingerprint density at radius 1 is 1.36 bits per heavy atom. The van der Waals surface area contributed by atoms with Gasteiger partial charge in [-0.1, -0.05) is 20.3 Å². The second-order valence-corrected chi connectivity index (χ2v) is 3.54. The Balaban J connectivity index is 3.27. The molecule has 2 nitrogen and oxygen atoms in total. The summed E-state index contributed by atoms with van der Waals surface area (Å²) in [6.07, 6.45) is 3.87. The first-order chi connectivity index (χ1) is 5.20. The van der Waals surface area contributed by atoms with Crippen molar-refractivity contribution in [3.8, 4) is 0 Å². The molecular weight excluding hydrogens is 136 g/mol. The van der Waals surface area contributed by atoms with Gasteiger partial charge < -0.3 is 10.6 Å². The molecule has 0 bridgehead atoms. The molecule has 1 unspecified atom stereocenters. The van der Waals surface area contributed by atoms with Crippen LogP contribution in [0.2, 0.25) is 0 Å². The van der Waals surface area contributed by atoms with Gasteiger partial charge in [-0.15, -0.1) is 0 Å². The Bertz CT molecular complexity index is 83.6. The van der Waals surface area contributed by atoms with Gasteiger partial charge in [0, 0.05) is 6.42 Å². The highest BCUT2D eigenvalue weighted by Crippen LogP contribution is 1.80. The lowest BCUT2D eigenvalue weighted by Gasteiger charge is -2.14. The van der Waals surface area contributed by atoms with Crippen LogP contribution in [0.25, 0.3) is 0 Å². The van der Waals surface area contributed by atoms with Gasteiger partial charge in [-0.2, -0.15) is 0 Å². The van der Waals surface area contributed by atoms with Crippen molar-refractivity contribution in [2.75, 3.05) is 20.1 Å². The van der Waals surface area contributed by atoms with Gasteiger partial charge in [0.25, 0.3) is 0 Å². The van der Waals surface area contributed by atoms with Crippen molar-refractivity contribution in [2.24, 2.45) is 0 Å². The molecule has 0 aromatic carbocycles. The van der Waals surface area contributed by atoms with Crippen LogP contribution in [0, 0.1) is 0 Å². The van der Waals surface area contributed by atoms with Crippen LogP contribution in [0.4, 0.5) is 0 Å². The Hall–Kier alpha value is -0.0800. The van der Waals surface area contributed by atoms with Crippen molar-refractivity contribution in [3.63, 3.8) is 0 Å². The summed E-state index contributed by atoms with van der Waals surface area (Å²) in [4.78, 5) is 1.63. The van der Waals surface area contributed by atoms with E-state index in [9.17, 15) is 0 Å². The fourth-order valence-electron chi connectivity index (χ4n) is 1.22. The lowest BCUT2D eigenvalue weighted by atomic mass is 10.2. The van der Waals surface area contributed by atoms with Crippen molar-refractivity contribution in [1.82, 2.24) is 0 Å². The maximum absolute atomic E-state index is 4.08. The van der Waals surface area contributed by atoms with Crippen LogP contribution in [-0.4, -0.2) is 26.2 Å². The number of likely N-dealkylation sites (N-methyl/N-ethyl adjacent to an activating group) is 1. The van der Waals surface area contributed by atoms with Crippen molar-refractivity contribution in [1.29, 1.82) is 0 Å². The highest BCUT2D eigenvalue weighted by Gasteiger charge is 2.09. The van der Waals surface area contributed by atoms with E-state index in [1.807, 2.05) is 0 Å². The molecule has 0 aliphatic heterocycles. The van der Waals surface area contributed by atoms with Gasteiger partial charge in [0.15, 0.2) is 0 Å². The van der Waals surface area contributed by atoms with Crippen LogP contribution in [0.5, 0.6) is 0 Å². The standard InChI is InChI=1S/C9H22N2/c1-4-6-7-11(3)8-9(10)5-2/h9H,4-8,10H2,1-3H3/p+2/t9-/m1/s1. The Morgan fingerprint density at radius 2 is 2.00 bits per heavy atom. The van der Waals surface area contributed by atoms with Crippen molar-refractivity contribution >= 4 is 0 Å². The summed E-state index contributed by atoms with van der Waals surface area (Å²) < 4.78 is 0. The molecular formula is C9H24N2+2. The molecule has 4 N–H and O–H groups in total. The molecule has 0 aromatic heterocycles. The minimum atomic E-state index is 0.645. The Morgan fingerprint density at radius 3 is 2.45 bits per heavy atom. The Labute approximate surface area is 70.8 Å². The summed E-state index contributed by atoms with van der Waals surface area (Å²) in [6, 6.07) is 0.645. The summed E-state index contributed by atoms with van der Waals surface area (Å²) in [5.41, 5.74) is 4.08. The van der Waals surface area contributed by atoms with E-state index in [2.05, 4.69) is 26.6 Å². The molecule has 0 spiro atoms. The predicted molar refractivity (Wildman–Crippen MR) is 48.5 cm³/mol. The zero-order chi connectivity index (χ0) is 8.69. The minimum Gasteiger partial charge on any atom is -0.350 e. The predicted octanol–water partition coefficient (Wildman–Crippen LogP) is -0.678. The van der Waals surface area contributed by atoms with Gasteiger partial charge in [0.2, 0.25) is 0 Å². The van der Waals surface area contributed by atoms with Crippen molar-refractivity contribution in [2.45, 2.75) is 39.2 Å². The first kappa shape index (κ1) is 10.9. The fourth-order valence-corrected chi connectivity index (χ4v) is 1.22. The van der Waals surface area contributed by atoms with E-state index in [0.717, 1.165) is 0 Å². The van der Waals surface area contributed by atoms with Crippen LogP contribution in [0.15, 0.2) is 0 Å². The van der Waals surface area contributed by atoms with E-state index in [4.69, 9.17) is 0 Å². The van der Waals surface area contributed by atoms with E-state index >= 15 is 0 Å². The molecule has 0 rings (SSSR count). The largest absolute Gasteiger partial charge is 0.350 e.